The van der Waals surface area contributed by atoms with Crippen LogP contribution in [0.25, 0.3) is 0 Å². The van der Waals surface area contributed by atoms with Crippen LogP contribution in [0.3, 0.4) is 0 Å². The molecule has 1 aliphatic carbocycles. The van der Waals surface area contributed by atoms with Gasteiger partial charge in [-0.3, -0.25) is 5.10 Å². The lowest BCUT2D eigenvalue weighted by atomic mass is 9.70. The minimum absolute atomic E-state index is 0.688. The topological polar surface area (TPSA) is 28.7 Å². The monoisotopic (exact) mass is 212 g/mol. The predicted octanol–water partition coefficient (Wildman–Crippen LogP) is 3.38. The molecule has 0 spiro atoms. The van der Waals surface area contributed by atoms with E-state index in [1.165, 1.54) is 29.7 Å². The van der Waals surface area contributed by atoms with Crippen LogP contribution >= 0.6 is 0 Å². The fourth-order valence-electron chi connectivity index (χ4n) is 2.56. The zero-order valence-electron chi connectivity index (χ0n) is 9.48. The maximum absolute atomic E-state index is 4.01. The highest BCUT2D eigenvalue weighted by molar-refractivity contribution is 5.29. The largest absolute Gasteiger partial charge is 0.282 e. The van der Waals surface area contributed by atoms with Crippen LogP contribution in [0.5, 0.6) is 0 Å². The minimum Gasteiger partial charge on any atom is -0.282 e. The summed E-state index contributed by atoms with van der Waals surface area (Å²) in [7, 11) is 0. The summed E-state index contributed by atoms with van der Waals surface area (Å²) in [5.74, 6) is 1.43. The summed E-state index contributed by atoms with van der Waals surface area (Å²) in [4.78, 5) is 0. The van der Waals surface area contributed by atoms with E-state index in [1.807, 2.05) is 6.20 Å². The molecule has 0 saturated heterocycles. The Morgan fingerprint density at radius 1 is 1.19 bits per heavy atom. The van der Waals surface area contributed by atoms with Crippen molar-refractivity contribution in [1.82, 2.24) is 10.2 Å². The number of benzene rings is 1. The quantitative estimate of drug-likeness (QED) is 0.812. The fourth-order valence-corrected chi connectivity index (χ4v) is 2.56. The smallest absolute Gasteiger partial charge is 0.0490 e. The van der Waals surface area contributed by atoms with Gasteiger partial charge in [-0.2, -0.15) is 5.10 Å². The molecule has 16 heavy (non-hydrogen) atoms. The Morgan fingerprint density at radius 2 is 2.06 bits per heavy atom. The average molecular weight is 212 g/mol. The van der Waals surface area contributed by atoms with Crippen LogP contribution in [0.2, 0.25) is 0 Å². The highest BCUT2D eigenvalue weighted by Gasteiger charge is 2.32. The van der Waals surface area contributed by atoms with Crippen molar-refractivity contribution in [3.63, 3.8) is 0 Å². The van der Waals surface area contributed by atoms with Gasteiger partial charge in [0.2, 0.25) is 0 Å². The standard InChI is InChI=1S/C14H16N2/c1-10-3-2-4-11(7-10)12-8-13(9-12)14-5-6-15-16-14/h2-7,12-13H,8-9H2,1H3,(H,15,16). The molecule has 1 saturated carbocycles. The lowest BCUT2D eigenvalue weighted by Gasteiger charge is -2.35. The van der Waals surface area contributed by atoms with Crippen LogP contribution in [-0.4, -0.2) is 10.2 Å². The first-order valence-electron chi connectivity index (χ1n) is 5.89. The molecule has 3 rings (SSSR count). The van der Waals surface area contributed by atoms with Gasteiger partial charge in [0.25, 0.3) is 0 Å². The van der Waals surface area contributed by atoms with E-state index < -0.39 is 0 Å². The molecular formula is C14H16N2. The van der Waals surface area contributed by atoms with Crippen molar-refractivity contribution in [3.05, 3.63) is 53.3 Å². The molecule has 2 nitrogen and oxygen atoms in total. The van der Waals surface area contributed by atoms with Crippen molar-refractivity contribution in [2.45, 2.75) is 31.6 Å². The number of aryl methyl sites for hydroxylation is 1. The number of hydrogen-bond donors (Lipinski definition) is 1. The van der Waals surface area contributed by atoms with Crippen LogP contribution < -0.4 is 0 Å². The second-order valence-corrected chi connectivity index (χ2v) is 4.79. The van der Waals surface area contributed by atoms with Crippen LogP contribution in [0.4, 0.5) is 0 Å². The van der Waals surface area contributed by atoms with Crippen LogP contribution in [-0.2, 0) is 0 Å². The Balaban J connectivity index is 1.69. The van der Waals surface area contributed by atoms with Crippen LogP contribution in [0.15, 0.2) is 36.5 Å². The third kappa shape index (κ3) is 1.64. The molecule has 2 heteroatoms. The summed E-state index contributed by atoms with van der Waals surface area (Å²) in [5.41, 5.74) is 4.15. The second kappa shape index (κ2) is 3.78. The Morgan fingerprint density at radius 3 is 2.75 bits per heavy atom. The number of rotatable bonds is 2. The molecule has 0 aliphatic heterocycles. The van der Waals surface area contributed by atoms with Crippen molar-refractivity contribution >= 4 is 0 Å². The van der Waals surface area contributed by atoms with E-state index in [9.17, 15) is 0 Å². The zero-order chi connectivity index (χ0) is 11.0. The van der Waals surface area contributed by atoms with Crippen molar-refractivity contribution in [1.29, 1.82) is 0 Å². The van der Waals surface area contributed by atoms with Gasteiger partial charge in [-0.05, 0) is 37.3 Å². The maximum atomic E-state index is 4.01. The van der Waals surface area contributed by atoms with Gasteiger partial charge in [0.15, 0.2) is 0 Å². The molecule has 1 fully saturated rings. The first kappa shape index (κ1) is 9.64. The Hall–Kier alpha value is -1.57. The lowest BCUT2D eigenvalue weighted by molar-refractivity contribution is 0.344. The van der Waals surface area contributed by atoms with Gasteiger partial charge >= 0.3 is 0 Å². The molecule has 1 N–H and O–H groups in total. The molecule has 0 radical (unpaired) electrons. The minimum atomic E-state index is 0.688. The van der Waals surface area contributed by atoms with E-state index in [0.717, 1.165) is 5.92 Å². The molecule has 2 aromatic rings. The first-order valence-corrected chi connectivity index (χ1v) is 5.89. The molecular weight excluding hydrogens is 196 g/mol. The zero-order valence-corrected chi connectivity index (χ0v) is 9.48. The summed E-state index contributed by atoms with van der Waals surface area (Å²) < 4.78 is 0. The second-order valence-electron chi connectivity index (χ2n) is 4.79. The van der Waals surface area contributed by atoms with Crippen molar-refractivity contribution < 1.29 is 0 Å². The van der Waals surface area contributed by atoms with Gasteiger partial charge in [0, 0.05) is 17.8 Å². The van der Waals surface area contributed by atoms with Crippen LogP contribution in [0.1, 0.15) is 41.5 Å². The fraction of sp³-hybridized carbons (Fsp3) is 0.357. The van der Waals surface area contributed by atoms with E-state index >= 15 is 0 Å². The summed E-state index contributed by atoms with van der Waals surface area (Å²) >= 11 is 0. The summed E-state index contributed by atoms with van der Waals surface area (Å²) in [5, 5.41) is 7.08. The Bertz CT molecular complexity index is 467. The molecule has 1 aromatic carbocycles. The van der Waals surface area contributed by atoms with Crippen molar-refractivity contribution in [2.75, 3.05) is 0 Å². The Labute approximate surface area is 95.7 Å². The van der Waals surface area contributed by atoms with Gasteiger partial charge in [-0.15, -0.1) is 0 Å². The summed E-state index contributed by atoms with van der Waals surface area (Å²) in [6.45, 7) is 2.16. The van der Waals surface area contributed by atoms with E-state index in [1.54, 1.807) is 0 Å². The van der Waals surface area contributed by atoms with Crippen molar-refractivity contribution in [2.24, 2.45) is 0 Å². The van der Waals surface area contributed by atoms with Gasteiger partial charge in [0.1, 0.15) is 0 Å². The first-order chi connectivity index (χ1) is 7.83. The van der Waals surface area contributed by atoms with Gasteiger partial charge in [0.05, 0.1) is 0 Å². The predicted molar refractivity (Wildman–Crippen MR) is 64.5 cm³/mol. The van der Waals surface area contributed by atoms with E-state index in [-0.39, 0.29) is 0 Å². The van der Waals surface area contributed by atoms with Gasteiger partial charge in [-0.1, -0.05) is 29.8 Å². The number of H-pyrrole nitrogens is 1. The molecule has 1 aliphatic rings. The molecule has 1 aromatic heterocycles. The normalized spacial score (nSPS) is 24.1. The van der Waals surface area contributed by atoms with Crippen LogP contribution in [0, 0.1) is 6.92 Å². The average Bonchev–Trinajstić information content (AvgIpc) is 2.69. The molecule has 0 unspecified atom stereocenters. The molecule has 0 atom stereocenters. The summed E-state index contributed by atoms with van der Waals surface area (Å²) in [6.07, 6.45) is 4.35. The van der Waals surface area contributed by atoms with Gasteiger partial charge < -0.3 is 0 Å². The maximum Gasteiger partial charge on any atom is 0.0490 e. The lowest BCUT2D eigenvalue weighted by Crippen LogP contribution is -2.20. The summed E-state index contributed by atoms with van der Waals surface area (Å²) in [6, 6.07) is 11.0. The van der Waals surface area contributed by atoms with Crippen molar-refractivity contribution in [3.8, 4) is 0 Å². The van der Waals surface area contributed by atoms with E-state index in [4.69, 9.17) is 0 Å². The third-order valence-electron chi connectivity index (χ3n) is 3.61. The highest BCUT2D eigenvalue weighted by atomic mass is 15.1. The number of aromatic amines is 1. The molecule has 0 amide bonds. The van der Waals surface area contributed by atoms with E-state index in [0.29, 0.717) is 5.92 Å². The molecule has 1 heterocycles. The number of nitrogens with zero attached hydrogens (tertiary/aromatic N) is 1. The molecule has 82 valence electrons. The third-order valence-corrected chi connectivity index (χ3v) is 3.61. The van der Waals surface area contributed by atoms with E-state index in [2.05, 4.69) is 47.5 Å². The van der Waals surface area contributed by atoms with Gasteiger partial charge in [-0.25, -0.2) is 0 Å². The highest BCUT2D eigenvalue weighted by Crippen LogP contribution is 2.46. The number of hydrogen-bond acceptors (Lipinski definition) is 1. The Kier molecular flexibility index (Phi) is 2.28. The number of aromatic nitrogens is 2. The number of nitrogens with one attached hydrogen (secondary N) is 1. The SMILES string of the molecule is Cc1cccc(C2CC(c3ccn[nH]3)C2)c1. The molecule has 0 bridgehead atoms.